The summed E-state index contributed by atoms with van der Waals surface area (Å²) in [5.74, 6) is 1.50. The van der Waals surface area contributed by atoms with Crippen molar-refractivity contribution in [2.24, 2.45) is 11.8 Å². The van der Waals surface area contributed by atoms with Gasteiger partial charge in [0, 0.05) is 12.8 Å². The first-order valence-corrected chi connectivity index (χ1v) is 4.14. The molecule has 0 rings (SSSR count). The maximum Gasteiger partial charge on any atom is 0.150 e. The minimum atomic E-state index is 0. The Morgan fingerprint density at radius 1 is 1.36 bits per heavy atom. The van der Waals surface area contributed by atoms with Gasteiger partial charge < -0.3 is 24.0 Å². The van der Waals surface area contributed by atoms with E-state index in [0.717, 1.165) is 5.92 Å². The van der Waals surface area contributed by atoms with Crippen molar-refractivity contribution >= 4 is 5.71 Å². The Bertz CT molecular complexity index is 121. The average Bonchev–Trinajstić information content (AvgIpc) is 2.00. The number of hydrogen-bond acceptors (Lipinski definition) is 0. The number of rotatable bonds is 3. The van der Waals surface area contributed by atoms with Gasteiger partial charge >= 0.3 is 0 Å². The van der Waals surface area contributed by atoms with E-state index in [1.807, 2.05) is 7.05 Å². The van der Waals surface area contributed by atoms with Crippen LogP contribution in [-0.2, 0) is 0 Å². The maximum absolute atomic E-state index is 3.20. The maximum atomic E-state index is 3.20. The molecule has 0 bridgehead atoms. The average molecular weight is 269 g/mol. The van der Waals surface area contributed by atoms with Crippen molar-refractivity contribution in [3.63, 3.8) is 0 Å². The molecule has 68 valence electrons. The van der Waals surface area contributed by atoms with E-state index in [-0.39, 0.29) is 24.0 Å². The molecule has 0 amide bonds. The lowest BCUT2D eigenvalue weighted by Gasteiger charge is -2.13. The molecule has 0 aliphatic rings. The van der Waals surface area contributed by atoms with Crippen molar-refractivity contribution in [1.29, 1.82) is 0 Å². The second-order valence-corrected chi connectivity index (χ2v) is 3.11. The first-order chi connectivity index (χ1) is 4.63. The second kappa shape index (κ2) is 7.07. The van der Waals surface area contributed by atoms with Crippen LogP contribution in [0.1, 0.15) is 34.1 Å². The molecule has 0 unspecified atom stereocenters. The van der Waals surface area contributed by atoms with Gasteiger partial charge in [-0.1, -0.05) is 27.2 Å². The van der Waals surface area contributed by atoms with Crippen LogP contribution in [-0.4, -0.2) is 12.8 Å². The summed E-state index contributed by atoms with van der Waals surface area (Å²) >= 11 is 0. The van der Waals surface area contributed by atoms with Gasteiger partial charge in [0.2, 0.25) is 0 Å². The molecule has 0 spiro atoms. The highest BCUT2D eigenvalue weighted by atomic mass is 127. The lowest BCUT2D eigenvalue weighted by atomic mass is 9.90. The van der Waals surface area contributed by atoms with Crippen LogP contribution in [0, 0.1) is 11.8 Å². The highest BCUT2D eigenvalue weighted by Gasteiger charge is 2.15. The summed E-state index contributed by atoms with van der Waals surface area (Å²) in [5.41, 5.74) is 1.40. The van der Waals surface area contributed by atoms with E-state index in [2.05, 4.69) is 32.7 Å². The van der Waals surface area contributed by atoms with Crippen molar-refractivity contribution in [3.8, 4) is 0 Å². The molecule has 0 heterocycles. The summed E-state index contributed by atoms with van der Waals surface area (Å²) in [7, 11) is 1.99. The van der Waals surface area contributed by atoms with E-state index in [1.54, 1.807) is 0 Å². The molecule has 0 aromatic rings. The predicted octanol–water partition coefficient (Wildman–Crippen LogP) is -2.16. The SMILES string of the molecule is CC[C@@H](C)[C@H](C)C(C)=[NH+]C.[I-]. The molecule has 0 aliphatic carbocycles. The summed E-state index contributed by atoms with van der Waals surface area (Å²) in [6.45, 7) is 8.98. The van der Waals surface area contributed by atoms with Crippen LogP contribution in [0.15, 0.2) is 0 Å². The highest BCUT2D eigenvalue weighted by molar-refractivity contribution is 5.78. The fraction of sp³-hybridized carbons (Fsp3) is 0.889. The van der Waals surface area contributed by atoms with E-state index < -0.39 is 0 Å². The van der Waals surface area contributed by atoms with Gasteiger partial charge in [0.25, 0.3) is 0 Å². The van der Waals surface area contributed by atoms with Gasteiger partial charge in [-0.15, -0.1) is 0 Å². The first-order valence-electron chi connectivity index (χ1n) is 4.14. The molecule has 0 saturated carbocycles. The third kappa shape index (κ3) is 4.77. The number of hydrogen-bond donors (Lipinski definition) is 1. The van der Waals surface area contributed by atoms with Crippen LogP contribution < -0.4 is 29.0 Å². The smallest absolute Gasteiger partial charge is 0.150 e. The van der Waals surface area contributed by atoms with E-state index >= 15 is 0 Å². The number of nitrogens with one attached hydrogen (secondary N) is 1. The standard InChI is InChI=1S/C9H19N.HI/c1-6-7(2)8(3)9(4)10-5;/h7-8H,6H2,1-5H3;1H/t7-,8+;/m1./s1. The first kappa shape index (κ1) is 14.0. The molecule has 0 aromatic carbocycles. The van der Waals surface area contributed by atoms with E-state index in [1.165, 1.54) is 12.1 Å². The van der Waals surface area contributed by atoms with Gasteiger partial charge in [-0.25, -0.2) is 0 Å². The minimum absolute atomic E-state index is 0. The molecule has 0 saturated heterocycles. The molecule has 2 atom stereocenters. The van der Waals surface area contributed by atoms with Crippen LogP contribution in [0.4, 0.5) is 0 Å². The summed E-state index contributed by atoms with van der Waals surface area (Å²) in [4.78, 5) is 3.20. The third-order valence-electron chi connectivity index (χ3n) is 2.57. The quantitative estimate of drug-likeness (QED) is 0.443. The van der Waals surface area contributed by atoms with Crippen molar-refractivity contribution in [2.75, 3.05) is 7.05 Å². The molecular weight excluding hydrogens is 249 g/mol. The molecule has 11 heavy (non-hydrogen) atoms. The molecule has 0 aromatic heterocycles. The molecule has 0 aliphatic heterocycles. The minimum Gasteiger partial charge on any atom is -1.00 e. The highest BCUT2D eigenvalue weighted by Crippen LogP contribution is 2.13. The van der Waals surface area contributed by atoms with Crippen molar-refractivity contribution < 1.29 is 29.0 Å². The van der Waals surface area contributed by atoms with Gasteiger partial charge in [-0.05, 0) is 5.92 Å². The van der Waals surface area contributed by atoms with Crippen molar-refractivity contribution in [2.45, 2.75) is 34.1 Å². The van der Waals surface area contributed by atoms with Crippen LogP contribution in [0.3, 0.4) is 0 Å². The Kier molecular flexibility index (Phi) is 8.97. The summed E-state index contributed by atoms with van der Waals surface area (Å²) in [6.07, 6.45) is 1.26. The third-order valence-corrected chi connectivity index (χ3v) is 2.57. The van der Waals surface area contributed by atoms with Gasteiger partial charge in [0.05, 0.1) is 0 Å². The molecule has 1 nitrogen and oxygen atoms in total. The van der Waals surface area contributed by atoms with Crippen LogP contribution in [0.25, 0.3) is 0 Å². The van der Waals surface area contributed by atoms with E-state index in [0.29, 0.717) is 5.92 Å². The Morgan fingerprint density at radius 3 is 2.09 bits per heavy atom. The zero-order valence-corrected chi connectivity index (χ0v) is 10.4. The van der Waals surface area contributed by atoms with Crippen molar-refractivity contribution in [1.82, 2.24) is 0 Å². The molecule has 0 fully saturated rings. The van der Waals surface area contributed by atoms with E-state index in [9.17, 15) is 0 Å². The van der Waals surface area contributed by atoms with Crippen LogP contribution in [0.5, 0.6) is 0 Å². The molecule has 2 heteroatoms. The Morgan fingerprint density at radius 2 is 1.82 bits per heavy atom. The fourth-order valence-corrected chi connectivity index (χ4v) is 1.01. The van der Waals surface area contributed by atoms with Crippen molar-refractivity contribution in [3.05, 3.63) is 0 Å². The number of halogens is 1. The normalized spacial score (nSPS) is 17.0. The lowest BCUT2D eigenvalue weighted by molar-refractivity contribution is -0.423. The zero-order valence-electron chi connectivity index (χ0n) is 8.24. The fourth-order valence-electron chi connectivity index (χ4n) is 1.01. The Hall–Kier alpha value is 0.400. The van der Waals surface area contributed by atoms with Gasteiger partial charge in [0.1, 0.15) is 12.8 Å². The molecular formula is C9H20IN. The largest absolute Gasteiger partial charge is 1.00 e. The Balaban J connectivity index is 0. The van der Waals surface area contributed by atoms with Gasteiger partial charge in [0.15, 0.2) is 0 Å². The zero-order chi connectivity index (χ0) is 8.15. The monoisotopic (exact) mass is 269 g/mol. The van der Waals surface area contributed by atoms with Gasteiger partial charge in [-0.3, -0.25) is 4.99 Å². The summed E-state index contributed by atoms with van der Waals surface area (Å²) in [6, 6.07) is 0. The predicted molar refractivity (Wildman–Crippen MR) is 46.2 cm³/mol. The van der Waals surface area contributed by atoms with Gasteiger partial charge in [-0.2, -0.15) is 0 Å². The molecule has 0 radical (unpaired) electrons. The second-order valence-electron chi connectivity index (χ2n) is 3.11. The topological polar surface area (TPSA) is 14.0 Å². The van der Waals surface area contributed by atoms with E-state index in [4.69, 9.17) is 0 Å². The van der Waals surface area contributed by atoms with Crippen LogP contribution >= 0.6 is 0 Å². The lowest BCUT2D eigenvalue weighted by Crippen LogP contribution is -3.00. The Labute approximate surface area is 87.7 Å². The molecule has 1 N–H and O–H groups in total. The summed E-state index contributed by atoms with van der Waals surface area (Å²) in [5, 5.41) is 0. The van der Waals surface area contributed by atoms with Crippen LogP contribution in [0.2, 0.25) is 0 Å². The summed E-state index contributed by atoms with van der Waals surface area (Å²) < 4.78 is 0.